The van der Waals surface area contributed by atoms with Gasteiger partial charge in [-0.25, -0.2) is 0 Å². The molecule has 0 aromatic rings. The molecule has 0 aliphatic carbocycles. The lowest BCUT2D eigenvalue weighted by molar-refractivity contribution is -0.185. The summed E-state index contributed by atoms with van der Waals surface area (Å²) in [5, 5.41) is 11.4. The highest BCUT2D eigenvalue weighted by Gasteiger charge is 2.48. The molecule has 12 nitrogen and oxygen atoms in total. The van der Waals surface area contributed by atoms with Gasteiger partial charge in [0.15, 0.2) is 12.4 Å². The van der Waals surface area contributed by atoms with Gasteiger partial charge in [-0.15, -0.1) is 0 Å². The van der Waals surface area contributed by atoms with Gasteiger partial charge in [0.2, 0.25) is 5.91 Å². The van der Waals surface area contributed by atoms with E-state index >= 15 is 0 Å². The quantitative estimate of drug-likeness (QED) is 0.185. The smallest absolute Gasteiger partial charge is 0.303 e. The van der Waals surface area contributed by atoms with Crippen LogP contribution in [-0.2, 0) is 47.7 Å². The van der Waals surface area contributed by atoms with Crippen LogP contribution in [0.1, 0.15) is 72.6 Å². The maximum atomic E-state index is 12.0. The maximum Gasteiger partial charge on any atom is 0.303 e. The van der Waals surface area contributed by atoms with Gasteiger partial charge in [-0.2, -0.15) is 0 Å². The van der Waals surface area contributed by atoms with Crippen LogP contribution in [0.2, 0.25) is 0 Å². The summed E-state index contributed by atoms with van der Waals surface area (Å²) < 4.78 is 27.9. The van der Waals surface area contributed by atoms with E-state index in [0.29, 0.717) is 12.8 Å². The molecule has 0 unspecified atom stereocenters. The number of amides is 1. The van der Waals surface area contributed by atoms with Crippen LogP contribution >= 0.6 is 0 Å². The molecule has 0 radical (unpaired) electrons. The fraction of sp³-hybridized carbons (Fsp3) is 0.792. The van der Waals surface area contributed by atoms with Crippen molar-refractivity contribution in [2.75, 3.05) is 19.8 Å². The summed E-state index contributed by atoms with van der Waals surface area (Å²) in [5.41, 5.74) is 0. The second kappa shape index (κ2) is 16.9. The van der Waals surface area contributed by atoms with Gasteiger partial charge in [0.1, 0.15) is 12.1 Å². The average Bonchev–Trinajstić information content (AvgIpc) is 2.88. The van der Waals surface area contributed by atoms with Crippen LogP contribution in [0.3, 0.4) is 0 Å². The SMILES string of the molecule is CC(=O)N[C@H]1[C@H](OCCCCCCCCC(=O)O)OC[C@H](COC(C)=O)[C@@H](OC(C)=O)[C@@H]1OC(C)=O. The third-order valence-electron chi connectivity index (χ3n) is 5.45. The highest BCUT2D eigenvalue weighted by Crippen LogP contribution is 2.27. The Labute approximate surface area is 211 Å². The second-order valence-corrected chi connectivity index (χ2v) is 8.77. The van der Waals surface area contributed by atoms with Crippen molar-refractivity contribution in [1.29, 1.82) is 0 Å². The first-order valence-corrected chi connectivity index (χ1v) is 12.2. The Kier molecular flexibility index (Phi) is 14.7. The summed E-state index contributed by atoms with van der Waals surface area (Å²) in [7, 11) is 0. The van der Waals surface area contributed by atoms with Gasteiger partial charge in [0, 0.05) is 40.7 Å². The van der Waals surface area contributed by atoms with Gasteiger partial charge < -0.3 is 34.1 Å². The molecule has 0 bridgehead atoms. The third kappa shape index (κ3) is 12.8. The predicted molar refractivity (Wildman–Crippen MR) is 124 cm³/mol. The Hall–Kier alpha value is -2.73. The second-order valence-electron chi connectivity index (χ2n) is 8.77. The minimum Gasteiger partial charge on any atom is -0.481 e. The Morgan fingerprint density at radius 2 is 1.42 bits per heavy atom. The van der Waals surface area contributed by atoms with Crippen LogP contribution in [0.4, 0.5) is 0 Å². The fourth-order valence-corrected chi connectivity index (χ4v) is 3.92. The molecule has 1 aliphatic rings. The van der Waals surface area contributed by atoms with Crippen LogP contribution in [-0.4, -0.2) is 79.3 Å². The third-order valence-corrected chi connectivity index (χ3v) is 5.45. The Morgan fingerprint density at radius 3 is 1.97 bits per heavy atom. The molecule has 2 N–H and O–H groups in total. The van der Waals surface area contributed by atoms with Crippen LogP contribution in [0.15, 0.2) is 0 Å². The zero-order valence-corrected chi connectivity index (χ0v) is 21.5. The first-order chi connectivity index (χ1) is 17.0. The molecular formula is C24H39NO11. The number of carbonyl (C=O) groups excluding carboxylic acids is 4. The molecule has 1 rings (SSSR count). The van der Waals surface area contributed by atoms with Gasteiger partial charge in [0.25, 0.3) is 0 Å². The number of esters is 3. The maximum absolute atomic E-state index is 12.0. The minimum absolute atomic E-state index is 0.0483. The fourth-order valence-electron chi connectivity index (χ4n) is 3.92. The van der Waals surface area contributed by atoms with Crippen molar-refractivity contribution >= 4 is 29.8 Å². The molecule has 0 spiro atoms. The number of unbranched alkanes of at least 4 members (excludes halogenated alkanes) is 5. The number of nitrogens with one attached hydrogen (secondary N) is 1. The Balaban J connectivity index is 2.91. The minimum atomic E-state index is -1.16. The molecule has 1 aliphatic heterocycles. The number of carbonyl (C=O) groups is 5. The number of ether oxygens (including phenoxy) is 5. The lowest BCUT2D eigenvalue weighted by atomic mass is 9.95. The lowest BCUT2D eigenvalue weighted by Crippen LogP contribution is -2.57. The van der Waals surface area contributed by atoms with Gasteiger partial charge >= 0.3 is 23.9 Å². The molecule has 12 heteroatoms. The van der Waals surface area contributed by atoms with Crippen LogP contribution in [0, 0.1) is 5.92 Å². The van der Waals surface area contributed by atoms with E-state index in [-0.39, 0.29) is 26.2 Å². The summed E-state index contributed by atoms with van der Waals surface area (Å²) >= 11 is 0. The van der Waals surface area contributed by atoms with Crippen molar-refractivity contribution in [3.63, 3.8) is 0 Å². The zero-order chi connectivity index (χ0) is 27.1. The van der Waals surface area contributed by atoms with E-state index in [0.717, 1.165) is 25.7 Å². The first-order valence-electron chi connectivity index (χ1n) is 12.2. The molecule has 1 amide bonds. The molecule has 0 saturated carbocycles. The number of hydrogen-bond donors (Lipinski definition) is 2. The first kappa shape index (κ1) is 31.3. The summed E-state index contributed by atoms with van der Waals surface area (Å²) in [4.78, 5) is 57.7. The summed E-state index contributed by atoms with van der Waals surface area (Å²) in [6, 6.07) is -0.992. The zero-order valence-electron chi connectivity index (χ0n) is 21.5. The van der Waals surface area contributed by atoms with E-state index in [4.69, 9.17) is 28.8 Å². The largest absolute Gasteiger partial charge is 0.481 e. The van der Waals surface area contributed by atoms with E-state index in [1.807, 2.05) is 0 Å². The highest BCUT2D eigenvalue weighted by molar-refractivity contribution is 5.73. The van der Waals surface area contributed by atoms with Crippen LogP contribution in [0.25, 0.3) is 0 Å². The van der Waals surface area contributed by atoms with Gasteiger partial charge in [-0.1, -0.05) is 25.7 Å². The Bertz CT molecular complexity index is 742. The van der Waals surface area contributed by atoms with Gasteiger partial charge in [0.05, 0.1) is 19.1 Å². The summed E-state index contributed by atoms with van der Waals surface area (Å²) in [5.74, 6) is -3.76. The molecule has 0 aromatic heterocycles. The molecule has 0 aromatic carbocycles. The van der Waals surface area contributed by atoms with Crippen molar-refractivity contribution in [1.82, 2.24) is 5.32 Å². The monoisotopic (exact) mass is 517 g/mol. The number of rotatable bonds is 15. The molecule has 206 valence electrons. The van der Waals surface area contributed by atoms with Crippen LogP contribution in [0.5, 0.6) is 0 Å². The topological polar surface area (TPSA) is 164 Å². The normalized spacial score (nSPS) is 23.7. The van der Waals surface area contributed by atoms with Crippen molar-refractivity contribution in [3.8, 4) is 0 Å². The van der Waals surface area contributed by atoms with Crippen molar-refractivity contribution in [2.45, 2.75) is 97.2 Å². The van der Waals surface area contributed by atoms with E-state index in [9.17, 15) is 24.0 Å². The van der Waals surface area contributed by atoms with Crippen molar-refractivity contribution in [2.24, 2.45) is 5.92 Å². The van der Waals surface area contributed by atoms with Gasteiger partial charge in [-0.3, -0.25) is 24.0 Å². The number of aliphatic carboxylic acids is 1. The highest BCUT2D eigenvalue weighted by atomic mass is 16.7. The van der Waals surface area contributed by atoms with Crippen LogP contribution < -0.4 is 5.32 Å². The molecular weight excluding hydrogens is 478 g/mol. The number of hydrogen-bond acceptors (Lipinski definition) is 10. The standard InChI is InChI=1S/C24H39NO11/c1-15(26)25-21-23(36-18(4)29)22(35-17(3)28)19(13-33-16(2)27)14-34-24(21)32-12-10-8-6-5-7-9-11-20(30)31/h19,21-24H,5-14H2,1-4H3,(H,25,26)(H,30,31)/t19-,21+,22+,23+,24+/m0/s1. The molecule has 1 saturated heterocycles. The van der Waals surface area contributed by atoms with E-state index < -0.39 is 60.2 Å². The summed E-state index contributed by atoms with van der Waals surface area (Å²) in [6.07, 6.45) is 1.79. The Morgan fingerprint density at radius 1 is 0.833 bits per heavy atom. The molecule has 1 fully saturated rings. The van der Waals surface area contributed by atoms with E-state index in [2.05, 4.69) is 5.32 Å². The number of carboxylic acid groups (broad SMARTS) is 1. The van der Waals surface area contributed by atoms with Crippen molar-refractivity contribution in [3.05, 3.63) is 0 Å². The number of carboxylic acids is 1. The molecule has 36 heavy (non-hydrogen) atoms. The van der Waals surface area contributed by atoms with E-state index in [1.54, 1.807) is 0 Å². The summed E-state index contributed by atoms with van der Waals surface area (Å²) in [6.45, 7) is 4.99. The average molecular weight is 518 g/mol. The molecule has 1 heterocycles. The molecule has 5 atom stereocenters. The van der Waals surface area contributed by atoms with Gasteiger partial charge in [-0.05, 0) is 12.8 Å². The lowest BCUT2D eigenvalue weighted by Gasteiger charge is -2.34. The van der Waals surface area contributed by atoms with Crippen molar-refractivity contribution < 1.29 is 52.8 Å². The predicted octanol–water partition coefficient (Wildman–Crippen LogP) is 1.72. The van der Waals surface area contributed by atoms with E-state index in [1.165, 1.54) is 27.7 Å².